The Labute approximate surface area is 187 Å². The van der Waals surface area contributed by atoms with E-state index in [1.165, 1.54) is 12.1 Å². The number of halogens is 4. The first kappa shape index (κ1) is 23.6. The molecule has 0 saturated heterocycles. The van der Waals surface area contributed by atoms with Crippen molar-refractivity contribution in [1.82, 2.24) is 15.0 Å². The van der Waals surface area contributed by atoms with Crippen LogP contribution in [0.3, 0.4) is 0 Å². The van der Waals surface area contributed by atoms with Crippen molar-refractivity contribution in [1.29, 1.82) is 0 Å². The SMILES string of the molecule is CC(C)N(CCc1nc(-c2cccc(C(F)(F)F)c2)no1)C(=O)COc1ccc(Cl)cc1. The molecule has 0 bridgehead atoms. The molecular formula is C22H21ClF3N3O3. The molecule has 0 unspecified atom stereocenters. The molecule has 10 heteroatoms. The van der Waals surface area contributed by atoms with Gasteiger partial charge in [0, 0.05) is 29.6 Å². The standard InChI is InChI=1S/C22H21ClF3N3O3/c1-14(2)29(20(30)13-31-18-8-6-17(23)7-9-18)11-10-19-27-21(28-32-19)15-4-3-5-16(12-15)22(24,25)26/h3-9,12,14H,10-11,13H2,1-2H3. The Morgan fingerprint density at radius 2 is 1.91 bits per heavy atom. The predicted octanol–water partition coefficient (Wildman–Crippen LogP) is 5.27. The van der Waals surface area contributed by atoms with E-state index in [1.54, 1.807) is 29.2 Å². The minimum atomic E-state index is -4.46. The molecular weight excluding hydrogens is 447 g/mol. The van der Waals surface area contributed by atoms with Gasteiger partial charge in [-0.15, -0.1) is 0 Å². The van der Waals surface area contributed by atoms with E-state index in [-0.39, 0.29) is 48.8 Å². The van der Waals surface area contributed by atoms with Gasteiger partial charge in [-0.2, -0.15) is 18.2 Å². The second kappa shape index (κ2) is 10.0. The molecule has 3 aromatic rings. The molecule has 0 N–H and O–H groups in total. The van der Waals surface area contributed by atoms with Crippen LogP contribution in [0.4, 0.5) is 13.2 Å². The highest BCUT2D eigenvalue weighted by atomic mass is 35.5. The van der Waals surface area contributed by atoms with E-state index in [9.17, 15) is 18.0 Å². The van der Waals surface area contributed by atoms with E-state index in [4.69, 9.17) is 20.9 Å². The number of hydrogen-bond donors (Lipinski definition) is 0. The third-order valence-electron chi connectivity index (χ3n) is 4.60. The lowest BCUT2D eigenvalue weighted by molar-refractivity contribution is -0.137. The van der Waals surface area contributed by atoms with Crippen molar-refractivity contribution in [3.8, 4) is 17.1 Å². The quantitative estimate of drug-likeness (QED) is 0.451. The van der Waals surface area contributed by atoms with E-state index in [0.717, 1.165) is 12.1 Å². The van der Waals surface area contributed by atoms with Crippen LogP contribution in [0.15, 0.2) is 53.1 Å². The fourth-order valence-electron chi connectivity index (χ4n) is 2.95. The van der Waals surface area contributed by atoms with Crippen molar-refractivity contribution in [2.24, 2.45) is 0 Å². The smallest absolute Gasteiger partial charge is 0.416 e. The van der Waals surface area contributed by atoms with E-state index < -0.39 is 11.7 Å². The zero-order valence-corrected chi connectivity index (χ0v) is 18.2. The number of hydrogen-bond acceptors (Lipinski definition) is 5. The van der Waals surface area contributed by atoms with Crippen molar-refractivity contribution >= 4 is 17.5 Å². The van der Waals surface area contributed by atoms with Crippen LogP contribution in [-0.2, 0) is 17.4 Å². The molecule has 170 valence electrons. The van der Waals surface area contributed by atoms with Gasteiger partial charge in [0.25, 0.3) is 5.91 Å². The molecule has 0 aliphatic carbocycles. The topological polar surface area (TPSA) is 68.5 Å². The highest BCUT2D eigenvalue weighted by molar-refractivity contribution is 6.30. The summed E-state index contributed by atoms with van der Waals surface area (Å²) in [6.07, 6.45) is -4.22. The Kier molecular flexibility index (Phi) is 7.40. The monoisotopic (exact) mass is 467 g/mol. The summed E-state index contributed by atoms with van der Waals surface area (Å²) in [4.78, 5) is 18.4. The molecule has 0 aliphatic rings. The molecule has 0 spiro atoms. The van der Waals surface area contributed by atoms with Gasteiger partial charge in [0.1, 0.15) is 5.75 Å². The molecule has 32 heavy (non-hydrogen) atoms. The fraction of sp³-hybridized carbons (Fsp3) is 0.318. The highest BCUT2D eigenvalue weighted by Crippen LogP contribution is 2.31. The molecule has 1 heterocycles. The number of ether oxygens (including phenoxy) is 1. The summed E-state index contributed by atoms with van der Waals surface area (Å²) in [6.45, 7) is 3.86. The summed E-state index contributed by atoms with van der Waals surface area (Å²) in [6, 6.07) is 11.3. The summed E-state index contributed by atoms with van der Waals surface area (Å²) < 4.78 is 49.4. The van der Waals surface area contributed by atoms with Gasteiger partial charge in [-0.05, 0) is 50.2 Å². The summed E-state index contributed by atoms with van der Waals surface area (Å²) >= 11 is 5.83. The second-order valence-corrected chi connectivity index (χ2v) is 7.70. The lowest BCUT2D eigenvalue weighted by Gasteiger charge is -2.26. The van der Waals surface area contributed by atoms with Gasteiger partial charge in [-0.3, -0.25) is 4.79 Å². The maximum Gasteiger partial charge on any atom is 0.416 e. The van der Waals surface area contributed by atoms with Crippen molar-refractivity contribution in [2.75, 3.05) is 13.2 Å². The maximum absolute atomic E-state index is 12.9. The number of rotatable bonds is 8. The van der Waals surface area contributed by atoms with Gasteiger partial charge in [-0.25, -0.2) is 0 Å². The van der Waals surface area contributed by atoms with Crippen molar-refractivity contribution in [2.45, 2.75) is 32.5 Å². The normalized spacial score (nSPS) is 11.6. The molecule has 0 atom stereocenters. The zero-order chi connectivity index (χ0) is 23.3. The number of benzene rings is 2. The minimum absolute atomic E-state index is 0.0552. The third-order valence-corrected chi connectivity index (χ3v) is 4.85. The summed E-state index contributed by atoms with van der Waals surface area (Å²) in [5.41, 5.74) is -0.596. The fourth-order valence-corrected chi connectivity index (χ4v) is 3.08. The molecule has 1 aromatic heterocycles. The van der Waals surface area contributed by atoms with E-state index >= 15 is 0 Å². The van der Waals surface area contributed by atoms with Crippen molar-refractivity contribution in [3.63, 3.8) is 0 Å². The molecule has 2 aromatic carbocycles. The van der Waals surface area contributed by atoms with Crippen LogP contribution < -0.4 is 4.74 Å². The maximum atomic E-state index is 12.9. The second-order valence-electron chi connectivity index (χ2n) is 7.26. The first-order valence-electron chi connectivity index (χ1n) is 9.81. The minimum Gasteiger partial charge on any atom is -0.484 e. The number of carbonyl (C=O) groups excluding carboxylic acids is 1. The van der Waals surface area contributed by atoms with Gasteiger partial charge in [0.05, 0.1) is 5.56 Å². The van der Waals surface area contributed by atoms with Crippen LogP contribution in [0, 0.1) is 0 Å². The van der Waals surface area contributed by atoms with Crippen LogP contribution in [0.25, 0.3) is 11.4 Å². The number of alkyl halides is 3. The van der Waals surface area contributed by atoms with Crippen LogP contribution in [0.1, 0.15) is 25.3 Å². The molecule has 3 rings (SSSR count). The van der Waals surface area contributed by atoms with Gasteiger partial charge < -0.3 is 14.2 Å². The van der Waals surface area contributed by atoms with Gasteiger partial charge in [-0.1, -0.05) is 28.9 Å². The highest BCUT2D eigenvalue weighted by Gasteiger charge is 2.30. The Morgan fingerprint density at radius 3 is 2.56 bits per heavy atom. The van der Waals surface area contributed by atoms with Crippen LogP contribution in [0.2, 0.25) is 5.02 Å². The van der Waals surface area contributed by atoms with E-state index in [2.05, 4.69) is 10.1 Å². The summed E-state index contributed by atoms with van der Waals surface area (Å²) in [7, 11) is 0. The number of carbonyl (C=O) groups is 1. The number of nitrogens with zero attached hydrogens (tertiary/aromatic N) is 3. The number of amides is 1. The first-order valence-corrected chi connectivity index (χ1v) is 10.2. The van der Waals surface area contributed by atoms with E-state index in [1.807, 2.05) is 13.8 Å². The average molecular weight is 468 g/mol. The Morgan fingerprint density at radius 1 is 1.19 bits per heavy atom. The lowest BCUT2D eigenvalue weighted by Crippen LogP contribution is -2.41. The van der Waals surface area contributed by atoms with Gasteiger partial charge >= 0.3 is 6.18 Å². The lowest BCUT2D eigenvalue weighted by atomic mass is 10.1. The van der Waals surface area contributed by atoms with Crippen LogP contribution in [0.5, 0.6) is 5.75 Å². The molecule has 0 radical (unpaired) electrons. The first-order chi connectivity index (χ1) is 15.1. The van der Waals surface area contributed by atoms with Gasteiger partial charge in [0.2, 0.25) is 11.7 Å². The summed E-state index contributed by atoms with van der Waals surface area (Å²) in [5.74, 6) is 0.565. The molecule has 0 fully saturated rings. The van der Waals surface area contributed by atoms with Gasteiger partial charge in [0.15, 0.2) is 6.61 Å². The molecule has 0 aliphatic heterocycles. The predicted molar refractivity (Wildman–Crippen MR) is 112 cm³/mol. The molecule has 1 amide bonds. The van der Waals surface area contributed by atoms with Crippen LogP contribution in [-0.4, -0.2) is 40.1 Å². The van der Waals surface area contributed by atoms with E-state index in [0.29, 0.717) is 10.8 Å². The Hall–Kier alpha value is -3.07. The Balaban J connectivity index is 1.61. The largest absolute Gasteiger partial charge is 0.484 e. The zero-order valence-electron chi connectivity index (χ0n) is 17.4. The Bertz CT molecular complexity index is 1050. The molecule has 6 nitrogen and oxygen atoms in total. The third kappa shape index (κ3) is 6.23. The molecule has 0 saturated carbocycles. The van der Waals surface area contributed by atoms with Crippen molar-refractivity contribution in [3.05, 3.63) is 65.0 Å². The average Bonchev–Trinajstić information content (AvgIpc) is 3.22. The van der Waals surface area contributed by atoms with Crippen molar-refractivity contribution < 1.29 is 27.2 Å². The number of aromatic nitrogens is 2. The van der Waals surface area contributed by atoms with Crippen LogP contribution >= 0.6 is 11.6 Å². The summed E-state index contributed by atoms with van der Waals surface area (Å²) in [5, 5.41) is 4.33.